The summed E-state index contributed by atoms with van der Waals surface area (Å²) in [4.78, 5) is 0. The molecule has 2 aromatic carbocycles. The van der Waals surface area contributed by atoms with E-state index in [4.69, 9.17) is 33.7 Å². The van der Waals surface area contributed by atoms with Crippen LogP contribution in [0.5, 0.6) is 5.75 Å². The van der Waals surface area contributed by atoms with Crippen molar-refractivity contribution in [2.24, 2.45) is 5.73 Å². The van der Waals surface area contributed by atoms with Gasteiger partial charge in [0.15, 0.2) is 0 Å². The van der Waals surface area contributed by atoms with Gasteiger partial charge < -0.3 is 10.5 Å². The van der Waals surface area contributed by atoms with Gasteiger partial charge in [0.2, 0.25) is 0 Å². The Labute approximate surface area is 128 Å². The molecule has 1 unspecified atom stereocenters. The van der Waals surface area contributed by atoms with Crippen LogP contribution in [-0.2, 0) is 0 Å². The van der Waals surface area contributed by atoms with E-state index in [2.05, 4.69) is 13.0 Å². The van der Waals surface area contributed by atoms with Crippen molar-refractivity contribution in [1.29, 1.82) is 0 Å². The Bertz CT molecular complexity index is 657. The lowest BCUT2D eigenvalue weighted by atomic mass is 9.93. The number of aryl methyl sites for hydroxylation is 1. The summed E-state index contributed by atoms with van der Waals surface area (Å²) in [6, 6.07) is 11.6. The summed E-state index contributed by atoms with van der Waals surface area (Å²) in [6.07, 6.45) is 0.643. The summed E-state index contributed by atoms with van der Waals surface area (Å²) >= 11 is 12.0. The molecule has 2 nitrogen and oxygen atoms in total. The molecule has 1 aliphatic rings. The lowest BCUT2D eigenvalue weighted by molar-refractivity contribution is 0.161. The standard InChI is InChI=1S/C16H15Cl2NO/c1-9-2-5-15-11(6-9)14(19)8-16(20-15)10-3-4-12(17)13(18)7-10/h2-7,14,16H,8,19H2,1H3/t14-,16?/m0/s1. The van der Waals surface area contributed by atoms with Crippen LogP contribution in [0.4, 0.5) is 0 Å². The summed E-state index contributed by atoms with van der Waals surface area (Å²) in [5.41, 5.74) is 9.53. The molecule has 0 spiro atoms. The highest BCUT2D eigenvalue weighted by Gasteiger charge is 2.27. The molecule has 0 saturated heterocycles. The van der Waals surface area contributed by atoms with Gasteiger partial charge in [-0.25, -0.2) is 0 Å². The molecule has 3 rings (SSSR count). The zero-order chi connectivity index (χ0) is 14.3. The minimum atomic E-state index is -0.0880. The van der Waals surface area contributed by atoms with Crippen LogP contribution in [0.25, 0.3) is 0 Å². The van der Waals surface area contributed by atoms with Crippen LogP contribution in [0.2, 0.25) is 10.0 Å². The first-order valence-electron chi connectivity index (χ1n) is 6.52. The lowest BCUT2D eigenvalue weighted by Gasteiger charge is -2.31. The topological polar surface area (TPSA) is 35.2 Å². The number of benzene rings is 2. The summed E-state index contributed by atoms with van der Waals surface area (Å²) in [7, 11) is 0. The molecule has 2 atom stereocenters. The Hall–Kier alpha value is -1.22. The van der Waals surface area contributed by atoms with Crippen LogP contribution in [0.15, 0.2) is 36.4 Å². The van der Waals surface area contributed by atoms with Crippen LogP contribution in [-0.4, -0.2) is 0 Å². The second-order valence-electron chi connectivity index (χ2n) is 5.16. The van der Waals surface area contributed by atoms with E-state index in [1.54, 1.807) is 6.07 Å². The van der Waals surface area contributed by atoms with Crippen molar-refractivity contribution in [3.05, 3.63) is 63.1 Å². The first-order valence-corrected chi connectivity index (χ1v) is 7.28. The molecule has 0 aliphatic carbocycles. The highest BCUT2D eigenvalue weighted by molar-refractivity contribution is 6.42. The molecule has 1 aliphatic heterocycles. The minimum Gasteiger partial charge on any atom is -0.485 e. The third-order valence-corrected chi connectivity index (χ3v) is 4.36. The Morgan fingerprint density at radius 2 is 1.90 bits per heavy atom. The predicted molar refractivity (Wildman–Crippen MR) is 82.6 cm³/mol. The lowest BCUT2D eigenvalue weighted by Crippen LogP contribution is -2.24. The smallest absolute Gasteiger partial charge is 0.126 e. The minimum absolute atomic E-state index is 0.0295. The van der Waals surface area contributed by atoms with Crippen molar-refractivity contribution in [2.45, 2.75) is 25.5 Å². The van der Waals surface area contributed by atoms with E-state index in [-0.39, 0.29) is 12.1 Å². The second-order valence-corrected chi connectivity index (χ2v) is 5.98. The van der Waals surface area contributed by atoms with Crippen LogP contribution >= 0.6 is 23.2 Å². The molecule has 2 N–H and O–H groups in total. The fraction of sp³-hybridized carbons (Fsp3) is 0.250. The van der Waals surface area contributed by atoms with E-state index in [0.717, 1.165) is 23.3 Å². The number of ether oxygens (including phenoxy) is 1. The number of hydrogen-bond acceptors (Lipinski definition) is 2. The van der Waals surface area contributed by atoms with Gasteiger partial charge in [-0.2, -0.15) is 0 Å². The molecular weight excluding hydrogens is 293 g/mol. The van der Waals surface area contributed by atoms with E-state index in [1.807, 2.05) is 24.3 Å². The molecule has 0 aromatic heterocycles. The Balaban J connectivity index is 1.94. The summed E-state index contributed by atoms with van der Waals surface area (Å²) in [5, 5.41) is 1.09. The molecule has 0 radical (unpaired) electrons. The summed E-state index contributed by atoms with van der Waals surface area (Å²) in [6.45, 7) is 2.05. The maximum atomic E-state index is 6.27. The van der Waals surface area contributed by atoms with Gasteiger partial charge in [0.25, 0.3) is 0 Å². The van der Waals surface area contributed by atoms with Crippen LogP contribution in [0.3, 0.4) is 0 Å². The number of hydrogen-bond donors (Lipinski definition) is 1. The SMILES string of the molecule is Cc1ccc2c(c1)[C@@H](N)CC(c1ccc(Cl)c(Cl)c1)O2. The molecule has 2 aromatic rings. The van der Waals surface area contributed by atoms with Gasteiger partial charge in [-0.1, -0.05) is 47.0 Å². The van der Waals surface area contributed by atoms with Crippen LogP contribution < -0.4 is 10.5 Å². The van der Waals surface area contributed by atoms with E-state index in [1.165, 1.54) is 5.56 Å². The Kier molecular flexibility index (Phi) is 3.63. The fourth-order valence-electron chi connectivity index (χ4n) is 2.54. The zero-order valence-corrected chi connectivity index (χ0v) is 12.6. The van der Waals surface area contributed by atoms with Gasteiger partial charge in [0.05, 0.1) is 10.0 Å². The van der Waals surface area contributed by atoms with Gasteiger partial charge in [0.1, 0.15) is 11.9 Å². The van der Waals surface area contributed by atoms with Gasteiger partial charge >= 0.3 is 0 Å². The average Bonchev–Trinajstić information content (AvgIpc) is 2.42. The van der Waals surface area contributed by atoms with E-state index in [9.17, 15) is 0 Å². The molecule has 0 saturated carbocycles. The van der Waals surface area contributed by atoms with Crippen LogP contribution in [0, 0.1) is 6.92 Å². The molecule has 4 heteroatoms. The van der Waals surface area contributed by atoms with Crippen molar-refractivity contribution in [1.82, 2.24) is 0 Å². The number of fused-ring (bicyclic) bond motifs is 1. The quantitative estimate of drug-likeness (QED) is 0.819. The van der Waals surface area contributed by atoms with Crippen molar-refractivity contribution >= 4 is 23.2 Å². The number of rotatable bonds is 1. The average molecular weight is 308 g/mol. The Morgan fingerprint density at radius 1 is 1.10 bits per heavy atom. The highest BCUT2D eigenvalue weighted by Crippen LogP contribution is 2.40. The molecule has 20 heavy (non-hydrogen) atoms. The van der Waals surface area contributed by atoms with Crippen molar-refractivity contribution in [2.75, 3.05) is 0 Å². The molecule has 0 amide bonds. The van der Waals surface area contributed by atoms with Crippen molar-refractivity contribution < 1.29 is 4.74 Å². The fourth-order valence-corrected chi connectivity index (χ4v) is 2.85. The van der Waals surface area contributed by atoms with Gasteiger partial charge in [-0.15, -0.1) is 0 Å². The maximum absolute atomic E-state index is 6.27. The van der Waals surface area contributed by atoms with Gasteiger partial charge in [-0.05, 0) is 30.7 Å². The maximum Gasteiger partial charge on any atom is 0.126 e. The number of halogens is 2. The van der Waals surface area contributed by atoms with E-state index < -0.39 is 0 Å². The normalized spacial score (nSPS) is 21.2. The Morgan fingerprint density at radius 3 is 2.65 bits per heavy atom. The first-order chi connectivity index (χ1) is 9.54. The third-order valence-electron chi connectivity index (χ3n) is 3.62. The molecule has 0 fully saturated rings. The van der Waals surface area contributed by atoms with Crippen molar-refractivity contribution in [3.8, 4) is 5.75 Å². The predicted octanol–water partition coefficient (Wildman–Crippen LogP) is 4.83. The zero-order valence-electron chi connectivity index (χ0n) is 11.1. The highest BCUT2D eigenvalue weighted by atomic mass is 35.5. The molecule has 1 heterocycles. The molecule has 0 bridgehead atoms. The summed E-state index contributed by atoms with van der Waals surface area (Å²) < 4.78 is 6.06. The van der Waals surface area contributed by atoms with E-state index >= 15 is 0 Å². The largest absolute Gasteiger partial charge is 0.485 e. The summed E-state index contributed by atoms with van der Waals surface area (Å²) in [5.74, 6) is 0.852. The van der Waals surface area contributed by atoms with Gasteiger partial charge in [0, 0.05) is 18.0 Å². The van der Waals surface area contributed by atoms with Gasteiger partial charge in [-0.3, -0.25) is 0 Å². The second kappa shape index (κ2) is 5.28. The van der Waals surface area contributed by atoms with Crippen LogP contribution in [0.1, 0.15) is 35.3 Å². The van der Waals surface area contributed by atoms with E-state index in [0.29, 0.717) is 10.0 Å². The molecule has 104 valence electrons. The van der Waals surface area contributed by atoms with Crippen molar-refractivity contribution in [3.63, 3.8) is 0 Å². The monoisotopic (exact) mass is 307 g/mol. The first kappa shape index (κ1) is 13.7. The molecular formula is C16H15Cl2NO. The third kappa shape index (κ3) is 2.51. The number of nitrogens with two attached hydrogens (primary N) is 1.